The predicted octanol–water partition coefficient (Wildman–Crippen LogP) is 6.88. The van der Waals surface area contributed by atoms with Crippen molar-refractivity contribution in [1.29, 1.82) is 0 Å². The lowest BCUT2D eigenvalue weighted by atomic mass is 10.0. The van der Waals surface area contributed by atoms with Gasteiger partial charge in [-0.2, -0.15) is 5.10 Å². The largest absolute Gasteiger partial charge is 0.489 e. The molecule has 0 aliphatic carbocycles. The molecule has 0 fully saturated rings. The molecule has 174 valence electrons. The van der Waals surface area contributed by atoms with Gasteiger partial charge in [-0.1, -0.05) is 66.2 Å². The van der Waals surface area contributed by atoms with Gasteiger partial charge in [0.25, 0.3) is 5.91 Å². The molecule has 35 heavy (non-hydrogen) atoms. The number of nitrogens with one attached hydrogen (secondary N) is 1. The number of ether oxygens (including phenoxy) is 1. The number of aromatic nitrogens is 2. The van der Waals surface area contributed by atoms with Gasteiger partial charge in [-0.15, -0.1) is 0 Å². The van der Waals surface area contributed by atoms with Crippen LogP contribution >= 0.6 is 11.6 Å². The highest BCUT2D eigenvalue weighted by Crippen LogP contribution is 2.23. The average molecular weight is 482 g/mol. The Labute approximate surface area is 208 Å². The molecular weight excluding hydrogens is 458 g/mol. The summed E-state index contributed by atoms with van der Waals surface area (Å²) in [6.45, 7) is 2.92. The van der Waals surface area contributed by atoms with E-state index in [9.17, 15) is 4.79 Å². The van der Waals surface area contributed by atoms with Crippen LogP contribution in [0.25, 0.3) is 10.8 Å². The van der Waals surface area contributed by atoms with Crippen LogP contribution in [0.3, 0.4) is 0 Å². The van der Waals surface area contributed by atoms with E-state index in [1.165, 1.54) is 16.3 Å². The maximum atomic E-state index is 12.9. The Bertz CT molecular complexity index is 1500. The summed E-state index contributed by atoms with van der Waals surface area (Å²) in [6.07, 6.45) is 1.87. The highest BCUT2D eigenvalue weighted by atomic mass is 35.5. The summed E-state index contributed by atoms with van der Waals surface area (Å²) in [6, 6.07) is 29.2. The number of anilines is 1. The van der Waals surface area contributed by atoms with E-state index < -0.39 is 0 Å². The first-order chi connectivity index (χ1) is 17.0. The number of nitrogens with zero attached hydrogens (tertiary/aromatic N) is 2. The summed E-state index contributed by atoms with van der Waals surface area (Å²) >= 11 is 6.01. The van der Waals surface area contributed by atoms with E-state index in [4.69, 9.17) is 16.3 Å². The molecular formula is C29H24ClN3O2. The number of hydrogen-bond acceptors (Lipinski definition) is 3. The van der Waals surface area contributed by atoms with Crippen molar-refractivity contribution in [3.63, 3.8) is 0 Å². The number of carbonyl (C=O) groups excluding carboxylic acids is 1. The first-order valence-corrected chi connectivity index (χ1v) is 11.7. The van der Waals surface area contributed by atoms with Gasteiger partial charge >= 0.3 is 0 Å². The third-order valence-electron chi connectivity index (χ3n) is 5.82. The van der Waals surface area contributed by atoms with Crippen molar-refractivity contribution < 1.29 is 9.53 Å². The molecule has 0 radical (unpaired) electrons. The molecule has 5 aromatic rings. The Morgan fingerprint density at radius 2 is 1.80 bits per heavy atom. The third kappa shape index (κ3) is 5.36. The van der Waals surface area contributed by atoms with Gasteiger partial charge in [0.05, 0.1) is 6.54 Å². The molecule has 0 bridgehead atoms. The minimum absolute atomic E-state index is 0.218. The van der Waals surface area contributed by atoms with Crippen molar-refractivity contribution in [2.75, 3.05) is 5.32 Å². The average Bonchev–Trinajstić information content (AvgIpc) is 3.30. The molecule has 6 heteroatoms. The maximum Gasteiger partial charge on any atom is 0.256 e. The van der Waals surface area contributed by atoms with Gasteiger partial charge in [0.15, 0.2) is 5.82 Å². The Kier molecular flexibility index (Phi) is 6.51. The van der Waals surface area contributed by atoms with E-state index in [1.807, 2.05) is 60.3 Å². The summed E-state index contributed by atoms with van der Waals surface area (Å²) in [4.78, 5) is 12.9. The molecule has 5 nitrogen and oxygen atoms in total. The van der Waals surface area contributed by atoms with Gasteiger partial charge in [-0.3, -0.25) is 9.48 Å². The van der Waals surface area contributed by atoms with Gasteiger partial charge in [0, 0.05) is 22.8 Å². The lowest BCUT2D eigenvalue weighted by Crippen LogP contribution is -2.13. The lowest BCUT2D eigenvalue weighted by molar-refractivity contribution is 0.102. The molecule has 1 amide bonds. The van der Waals surface area contributed by atoms with Crippen molar-refractivity contribution in [2.24, 2.45) is 0 Å². The molecule has 1 aromatic heterocycles. The van der Waals surface area contributed by atoms with Gasteiger partial charge in [0.2, 0.25) is 0 Å². The van der Waals surface area contributed by atoms with Gasteiger partial charge < -0.3 is 10.1 Å². The zero-order valence-electron chi connectivity index (χ0n) is 19.2. The summed E-state index contributed by atoms with van der Waals surface area (Å²) in [5.41, 5.74) is 3.58. The summed E-state index contributed by atoms with van der Waals surface area (Å²) in [5.74, 6) is 1.06. The zero-order chi connectivity index (χ0) is 24.2. The summed E-state index contributed by atoms with van der Waals surface area (Å²) < 4.78 is 7.74. The van der Waals surface area contributed by atoms with Crippen molar-refractivity contribution in [1.82, 2.24) is 9.78 Å². The number of amides is 1. The second-order valence-corrected chi connectivity index (χ2v) is 8.83. The normalized spacial score (nSPS) is 10.9. The van der Waals surface area contributed by atoms with Crippen LogP contribution in [-0.4, -0.2) is 15.7 Å². The Morgan fingerprint density at radius 1 is 0.971 bits per heavy atom. The Balaban J connectivity index is 1.24. The van der Waals surface area contributed by atoms with E-state index >= 15 is 0 Å². The maximum absolute atomic E-state index is 12.9. The number of rotatable bonds is 7. The van der Waals surface area contributed by atoms with Crippen LogP contribution in [0.4, 0.5) is 5.82 Å². The standard InChI is InChI=1S/C29H24ClN3O2/c1-20-16-25(30)12-13-27(20)35-19-21-6-4-9-23(17-21)29(34)31-28-14-15-33(32-28)18-24-10-5-8-22-7-2-3-11-26(22)24/h2-17H,18-19H2,1H3,(H,31,32,34). The predicted molar refractivity (Wildman–Crippen MR) is 140 cm³/mol. The van der Waals surface area contributed by atoms with Crippen molar-refractivity contribution >= 4 is 34.1 Å². The molecule has 0 aliphatic heterocycles. The molecule has 4 aromatic carbocycles. The minimum atomic E-state index is -0.218. The van der Waals surface area contributed by atoms with E-state index in [0.29, 0.717) is 29.6 Å². The van der Waals surface area contributed by atoms with Crippen LogP contribution < -0.4 is 10.1 Å². The molecule has 0 aliphatic rings. The first-order valence-electron chi connectivity index (χ1n) is 11.3. The Morgan fingerprint density at radius 3 is 2.69 bits per heavy atom. The van der Waals surface area contributed by atoms with Crippen LogP contribution in [0.1, 0.15) is 27.0 Å². The highest BCUT2D eigenvalue weighted by molar-refractivity contribution is 6.30. The van der Waals surface area contributed by atoms with Gasteiger partial charge in [0.1, 0.15) is 12.4 Å². The highest BCUT2D eigenvalue weighted by Gasteiger charge is 2.10. The number of carbonyl (C=O) groups is 1. The fourth-order valence-electron chi connectivity index (χ4n) is 4.05. The number of halogens is 1. The molecule has 0 unspecified atom stereocenters. The fraction of sp³-hybridized carbons (Fsp3) is 0.103. The van der Waals surface area contributed by atoms with Crippen molar-refractivity contribution in [3.8, 4) is 5.75 Å². The number of fused-ring (bicyclic) bond motifs is 1. The molecule has 0 saturated heterocycles. The molecule has 0 spiro atoms. The SMILES string of the molecule is Cc1cc(Cl)ccc1OCc1cccc(C(=O)Nc2ccn(Cc3cccc4ccccc34)n2)c1. The summed E-state index contributed by atoms with van der Waals surface area (Å²) in [7, 11) is 0. The second-order valence-electron chi connectivity index (χ2n) is 8.39. The van der Waals surface area contributed by atoms with E-state index in [0.717, 1.165) is 16.9 Å². The number of aryl methyl sites for hydroxylation is 1. The van der Waals surface area contributed by atoms with Gasteiger partial charge in [-0.25, -0.2) is 0 Å². The number of hydrogen-bond donors (Lipinski definition) is 1. The zero-order valence-corrected chi connectivity index (χ0v) is 20.0. The molecule has 1 heterocycles. The van der Waals surface area contributed by atoms with Gasteiger partial charge in [-0.05, 0) is 64.7 Å². The smallest absolute Gasteiger partial charge is 0.256 e. The topological polar surface area (TPSA) is 56.1 Å². The van der Waals surface area contributed by atoms with Crippen LogP contribution in [0, 0.1) is 6.92 Å². The van der Waals surface area contributed by atoms with Crippen LogP contribution in [-0.2, 0) is 13.2 Å². The van der Waals surface area contributed by atoms with E-state index in [-0.39, 0.29) is 5.91 Å². The molecule has 1 N–H and O–H groups in total. The molecule has 0 saturated carbocycles. The van der Waals surface area contributed by atoms with Crippen LogP contribution in [0.5, 0.6) is 5.75 Å². The Hall–Kier alpha value is -4.09. The summed E-state index contributed by atoms with van der Waals surface area (Å²) in [5, 5.41) is 10.5. The van der Waals surface area contributed by atoms with E-state index in [2.05, 4.69) is 40.7 Å². The lowest BCUT2D eigenvalue weighted by Gasteiger charge is -2.10. The first kappa shape index (κ1) is 22.7. The minimum Gasteiger partial charge on any atom is -0.489 e. The third-order valence-corrected chi connectivity index (χ3v) is 6.05. The fourth-order valence-corrected chi connectivity index (χ4v) is 4.27. The van der Waals surface area contributed by atoms with E-state index in [1.54, 1.807) is 18.2 Å². The van der Waals surface area contributed by atoms with Crippen molar-refractivity contribution in [2.45, 2.75) is 20.1 Å². The quantitative estimate of drug-likeness (QED) is 0.275. The van der Waals surface area contributed by atoms with Crippen molar-refractivity contribution in [3.05, 3.63) is 124 Å². The van der Waals surface area contributed by atoms with Crippen LogP contribution in [0.15, 0.2) is 97.2 Å². The molecule has 5 rings (SSSR count). The monoisotopic (exact) mass is 481 g/mol. The second kappa shape index (κ2) is 10.0. The molecule has 0 atom stereocenters. The number of benzene rings is 4. The van der Waals surface area contributed by atoms with Crippen LogP contribution in [0.2, 0.25) is 5.02 Å².